The summed E-state index contributed by atoms with van der Waals surface area (Å²) < 4.78 is 5.92. The van der Waals surface area contributed by atoms with Crippen LogP contribution in [-0.2, 0) is 23.9 Å². The molecule has 3 atom stereocenters. The van der Waals surface area contributed by atoms with Gasteiger partial charge in [-0.2, -0.15) is 0 Å². The van der Waals surface area contributed by atoms with Gasteiger partial charge in [0.05, 0.1) is 10.9 Å². The van der Waals surface area contributed by atoms with E-state index in [2.05, 4.69) is 16.2 Å². The van der Waals surface area contributed by atoms with E-state index in [9.17, 15) is 19.2 Å². The standard InChI is InChI=1S/C31H40N6O5/c1-19(2)26-28(39)32-20(3)29(40)37-17-7-8-23(34-37)27(38)35-36(4)25-12-11-22-10-9-21(18-24(22)33-25)13-16-31(30(41)42-26)14-5-6-15-31/h9-13,16,18-20,23,26,34H,5-8,14-15,17H2,1-4H3,(H,32,39)(H,35,38)/b16-13+/t20-,23-,26-/m0/s1. The van der Waals surface area contributed by atoms with Crippen molar-refractivity contribution < 1.29 is 23.9 Å². The molecule has 5 bridgehead atoms. The number of hydrogen-bond donors (Lipinski definition) is 3. The van der Waals surface area contributed by atoms with Crippen molar-refractivity contribution in [3.8, 4) is 0 Å². The number of pyridine rings is 1. The first kappa shape index (κ1) is 29.5. The fraction of sp³-hybridized carbons (Fsp3) is 0.516. The van der Waals surface area contributed by atoms with Crippen LogP contribution in [0.25, 0.3) is 17.0 Å². The zero-order valence-corrected chi connectivity index (χ0v) is 24.7. The van der Waals surface area contributed by atoms with Crippen LogP contribution >= 0.6 is 0 Å². The summed E-state index contributed by atoms with van der Waals surface area (Å²) in [7, 11) is 1.72. The van der Waals surface area contributed by atoms with Crippen LogP contribution in [-0.4, -0.2) is 65.5 Å². The van der Waals surface area contributed by atoms with Crippen molar-refractivity contribution >= 4 is 46.5 Å². The molecule has 5 rings (SSSR count). The van der Waals surface area contributed by atoms with Crippen LogP contribution in [0.3, 0.4) is 0 Å². The van der Waals surface area contributed by atoms with Gasteiger partial charge in [-0.1, -0.05) is 51.0 Å². The molecular weight excluding hydrogens is 536 g/mol. The first-order chi connectivity index (χ1) is 20.1. The fourth-order valence-corrected chi connectivity index (χ4v) is 5.87. The summed E-state index contributed by atoms with van der Waals surface area (Å²) >= 11 is 0. The summed E-state index contributed by atoms with van der Waals surface area (Å²) in [5.74, 6) is -1.38. The Morgan fingerprint density at radius 3 is 2.50 bits per heavy atom. The number of nitrogens with zero attached hydrogens (tertiary/aromatic N) is 3. The normalized spacial score (nSPS) is 26.4. The second kappa shape index (κ2) is 12.1. The predicted molar refractivity (Wildman–Crippen MR) is 158 cm³/mol. The number of hydrazine groups is 2. The Kier molecular flexibility index (Phi) is 8.49. The highest BCUT2D eigenvalue weighted by atomic mass is 16.5. The van der Waals surface area contributed by atoms with Gasteiger partial charge in [0, 0.05) is 19.0 Å². The van der Waals surface area contributed by atoms with Crippen LogP contribution in [0.5, 0.6) is 0 Å². The number of aromatic nitrogens is 1. The Morgan fingerprint density at radius 2 is 1.76 bits per heavy atom. The molecule has 2 fully saturated rings. The SMILES string of the molecule is CC(C)[C@@H]1OC(=O)C2(/C=C/c3ccc4ccc(nc4c3)N(C)NC(=O)[C@@H]3CCCN(N3)C(=O)[C@H](C)NC1=O)CCCC2. The average Bonchev–Trinajstić information content (AvgIpc) is 3.47. The van der Waals surface area contributed by atoms with Crippen LogP contribution in [0.4, 0.5) is 5.82 Å². The van der Waals surface area contributed by atoms with Crippen LogP contribution in [0.15, 0.2) is 36.4 Å². The Labute approximate surface area is 246 Å². The summed E-state index contributed by atoms with van der Waals surface area (Å²) in [4.78, 5) is 58.2. The smallest absolute Gasteiger partial charge is 0.316 e. The maximum atomic E-state index is 13.7. The molecule has 0 radical (unpaired) electrons. The van der Waals surface area contributed by atoms with E-state index in [1.54, 1.807) is 19.0 Å². The molecule has 1 saturated heterocycles. The summed E-state index contributed by atoms with van der Waals surface area (Å²) in [5.41, 5.74) is 6.66. The minimum atomic E-state index is -1.06. The highest BCUT2D eigenvalue weighted by Gasteiger charge is 2.43. The Bertz CT molecular complexity index is 1400. The third kappa shape index (κ3) is 6.11. The number of hydrogen-bond acceptors (Lipinski definition) is 8. The first-order valence-corrected chi connectivity index (χ1v) is 14.8. The minimum absolute atomic E-state index is 0.301. The largest absolute Gasteiger partial charge is 0.451 e. The molecule has 11 heteroatoms. The van der Waals surface area contributed by atoms with Gasteiger partial charge in [0.25, 0.3) is 17.7 Å². The summed E-state index contributed by atoms with van der Waals surface area (Å²) in [6.07, 6.45) is 6.94. The molecule has 3 amide bonds. The van der Waals surface area contributed by atoms with Crippen molar-refractivity contribution in [3.63, 3.8) is 0 Å². The average molecular weight is 577 g/mol. The van der Waals surface area contributed by atoms with Crippen LogP contribution in [0, 0.1) is 11.3 Å². The first-order valence-electron chi connectivity index (χ1n) is 14.8. The van der Waals surface area contributed by atoms with Gasteiger partial charge >= 0.3 is 5.97 Å². The molecule has 1 aliphatic carbocycles. The molecule has 2 aliphatic heterocycles. The molecule has 1 aromatic heterocycles. The number of anilines is 1. The van der Waals surface area contributed by atoms with Gasteiger partial charge in [0.1, 0.15) is 17.9 Å². The highest BCUT2D eigenvalue weighted by molar-refractivity contribution is 5.92. The maximum Gasteiger partial charge on any atom is 0.316 e. The molecule has 2 aromatic rings. The number of carbonyl (C=O) groups is 4. The number of carbonyl (C=O) groups excluding carboxylic acids is 4. The second-order valence-corrected chi connectivity index (χ2v) is 12.0. The molecule has 0 unspecified atom stereocenters. The van der Waals surface area contributed by atoms with E-state index < -0.39 is 35.5 Å². The van der Waals surface area contributed by atoms with Crippen molar-refractivity contribution in [1.29, 1.82) is 0 Å². The van der Waals surface area contributed by atoms with E-state index in [1.165, 1.54) is 5.01 Å². The molecular formula is C31H40N6O5. The molecule has 3 N–H and O–H groups in total. The van der Waals surface area contributed by atoms with Crippen molar-refractivity contribution in [2.45, 2.75) is 77.5 Å². The van der Waals surface area contributed by atoms with Gasteiger partial charge in [0.15, 0.2) is 6.10 Å². The Morgan fingerprint density at radius 1 is 1.02 bits per heavy atom. The fourth-order valence-electron chi connectivity index (χ4n) is 5.87. The topological polar surface area (TPSA) is 133 Å². The van der Waals surface area contributed by atoms with Crippen LogP contribution in [0.2, 0.25) is 0 Å². The third-order valence-electron chi connectivity index (χ3n) is 8.42. The van der Waals surface area contributed by atoms with E-state index in [0.717, 1.165) is 29.3 Å². The molecule has 1 aromatic carbocycles. The molecule has 3 aliphatic rings. The van der Waals surface area contributed by atoms with E-state index in [4.69, 9.17) is 9.72 Å². The highest BCUT2D eigenvalue weighted by Crippen LogP contribution is 2.42. The van der Waals surface area contributed by atoms with Gasteiger partial charge < -0.3 is 10.1 Å². The van der Waals surface area contributed by atoms with Gasteiger partial charge in [-0.25, -0.2) is 10.4 Å². The van der Waals surface area contributed by atoms with Gasteiger partial charge in [-0.3, -0.25) is 34.6 Å². The lowest BCUT2D eigenvalue weighted by molar-refractivity contribution is -0.166. The molecule has 1 spiro atoms. The van der Waals surface area contributed by atoms with Crippen LogP contribution < -0.4 is 21.2 Å². The van der Waals surface area contributed by atoms with E-state index in [0.29, 0.717) is 38.0 Å². The molecule has 11 nitrogen and oxygen atoms in total. The quantitative estimate of drug-likeness (QED) is 0.442. The second-order valence-electron chi connectivity index (χ2n) is 12.0. The predicted octanol–water partition coefficient (Wildman–Crippen LogP) is 2.86. The number of fused-ring (bicyclic) bond motifs is 4. The minimum Gasteiger partial charge on any atom is -0.451 e. The number of benzene rings is 1. The zero-order chi connectivity index (χ0) is 30.0. The van der Waals surface area contributed by atoms with Crippen molar-refractivity contribution in [2.24, 2.45) is 11.3 Å². The van der Waals surface area contributed by atoms with E-state index in [1.807, 2.05) is 56.3 Å². The number of esters is 1. The number of rotatable bonds is 1. The van der Waals surface area contributed by atoms with Crippen molar-refractivity contribution in [1.82, 2.24) is 26.2 Å². The number of amides is 3. The lowest BCUT2D eigenvalue weighted by Gasteiger charge is -2.35. The van der Waals surface area contributed by atoms with E-state index in [-0.39, 0.29) is 17.7 Å². The lowest BCUT2D eigenvalue weighted by atomic mass is 9.85. The number of nitrogens with one attached hydrogen (secondary N) is 3. The summed E-state index contributed by atoms with van der Waals surface area (Å²) in [6.45, 7) is 5.60. The third-order valence-corrected chi connectivity index (χ3v) is 8.42. The van der Waals surface area contributed by atoms with Crippen molar-refractivity contribution in [3.05, 3.63) is 42.0 Å². The molecule has 224 valence electrons. The molecule has 3 heterocycles. The monoisotopic (exact) mass is 576 g/mol. The Balaban J connectivity index is 1.52. The van der Waals surface area contributed by atoms with Gasteiger partial charge in [-0.05, 0) is 62.3 Å². The van der Waals surface area contributed by atoms with E-state index >= 15 is 0 Å². The molecule has 42 heavy (non-hydrogen) atoms. The van der Waals surface area contributed by atoms with Gasteiger partial charge in [0.2, 0.25) is 0 Å². The van der Waals surface area contributed by atoms with Gasteiger partial charge in [-0.15, -0.1) is 0 Å². The number of cyclic esters (lactones) is 1. The maximum absolute atomic E-state index is 13.7. The molecule has 1 saturated carbocycles. The lowest BCUT2D eigenvalue weighted by Crippen LogP contribution is -2.62. The van der Waals surface area contributed by atoms with Crippen LogP contribution in [0.1, 0.15) is 64.9 Å². The number of ether oxygens (including phenoxy) is 1. The van der Waals surface area contributed by atoms with Crippen molar-refractivity contribution in [2.75, 3.05) is 18.6 Å². The zero-order valence-electron chi connectivity index (χ0n) is 24.7. The Hall–Kier alpha value is -3.99. The summed E-state index contributed by atoms with van der Waals surface area (Å²) in [6, 6.07) is 8.11. The summed E-state index contributed by atoms with van der Waals surface area (Å²) in [5, 5.41) is 6.62.